The summed E-state index contributed by atoms with van der Waals surface area (Å²) >= 11 is 0. The van der Waals surface area contributed by atoms with Gasteiger partial charge in [-0.3, -0.25) is 0 Å². The molecule has 0 spiro atoms. The van der Waals surface area contributed by atoms with E-state index in [2.05, 4.69) is 19.9 Å². The molecule has 3 rings (SSSR count). The molecule has 1 heterocycles. The lowest BCUT2D eigenvalue weighted by Crippen LogP contribution is -2.41. The molecule has 0 aromatic heterocycles. The van der Waals surface area contributed by atoms with E-state index in [0.29, 0.717) is 5.41 Å². The van der Waals surface area contributed by atoms with E-state index in [9.17, 15) is 5.26 Å². The molecular weight excluding hydrogens is 162 g/mol. The molecule has 0 aromatic carbocycles. The zero-order valence-corrected chi connectivity index (χ0v) is 8.26. The van der Waals surface area contributed by atoms with E-state index in [1.807, 2.05) is 0 Å². The Morgan fingerprint density at radius 2 is 2.23 bits per heavy atom. The van der Waals surface area contributed by atoms with Gasteiger partial charge in [-0.25, -0.2) is 0 Å². The highest BCUT2D eigenvalue weighted by molar-refractivity contribution is 5.30. The first kappa shape index (κ1) is 7.82. The first-order valence-electron chi connectivity index (χ1n) is 5.13. The summed E-state index contributed by atoms with van der Waals surface area (Å²) in [6.07, 6.45) is 3.47. The van der Waals surface area contributed by atoms with E-state index < -0.39 is 5.60 Å². The monoisotopic (exact) mass is 177 g/mol. The van der Waals surface area contributed by atoms with Gasteiger partial charge in [-0.05, 0) is 25.2 Å². The number of nitrogens with zero attached hydrogens (tertiary/aromatic N) is 1. The number of hydrogen-bond acceptors (Lipinski definition) is 2. The summed E-state index contributed by atoms with van der Waals surface area (Å²) in [5.74, 6) is 0.742. The largest absolute Gasteiger partial charge is 0.359 e. The third-order valence-electron chi connectivity index (χ3n) is 5.38. The average molecular weight is 177 g/mol. The van der Waals surface area contributed by atoms with Crippen LogP contribution in [0.25, 0.3) is 0 Å². The minimum atomic E-state index is -0.426. The van der Waals surface area contributed by atoms with Crippen molar-refractivity contribution in [3.63, 3.8) is 0 Å². The lowest BCUT2D eigenvalue weighted by Gasteiger charge is -2.35. The van der Waals surface area contributed by atoms with Crippen LogP contribution in [-0.4, -0.2) is 12.2 Å². The predicted octanol–water partition coefficient (Wildman–Crippen LogP) is 2.11. The fourth-order valence-electron chi connectivity index (χ4n) is 4.05. The van der Waals surface area contributed by atoms with Crippen LogP contribution in [0, 0.1) is 28.1 Å². The van der Waals surface area contributed by atoms with Crippen molar-refractivity contribution in [2.45, 2.75) is 38.7 Å². The van der Waals surface area contributed by atoms with Crippen LogP contribution in [0.2, 0.25) is 0 Å². The smallest absolute Gasteiger partial charge is 0.160 e. The molecule has 1 saturated heterocycles. The Balaban J connectivity index is 2.21. The van der Waals surface area contributed by atoms with Crippen molar-refractivity contribution in [3.8, 4) is 6.07 Å². The van der Waals surface area contributed by atoms with Crippen molar-refractivity contribution in [2.75, 3.05) is 6.61 Å². The van der Waals surface area contributed by atoms with Crippen molar-refractivity contribution in [1.29, 1.82) is 5.26 Å². The summed E-state index contributed by atoms with van der Waals surface area (Å²) in [5, 5.41) is 9.27. The zero-order chi connectivity index (χ0) is 9.32. The number of hydrogen-bond donors (Lipinski definition) is 0. The van der Waals surface area contributed by atoms with Crippen molar-refractivity contribution in [3.05, 3.63) is 0 Å². The maximum absolute atomic E-state index is 9.27. The van der Waals surface area contributed by atoms with E-state index in [4.69, 9.17) is 4.74 Å². The summed E-state index contributed by atoms with van der Waals surface area (Å²) < 4.78 is 5.77. The molecule has 2 saturated carbocycles. The van der Waals surface area contributed by atoms with Crippen molar-refractivity contribution in [1.82, 2.24) is 0 Å². The molecule has 0 unspecified atom stereocenters. The molecule has 0 amide bonds. The molecule has 0 N–H and O–H groups in total. The van der Waals surface area contributed by atoms with Crippen molar-refractivity contribution in [2.24, 2.45) is 16.7 Å². The van der Waals surface area contributed by atoms with Crippen LogP contribution in [0.1, 0.15) is 33.1 Å². The number of rotatable bonds is 0. The third kappa shape index (κ3) is 0.518. The van der Waals surface area contributed by atoms with Gasteiger partial charge >= 0.3 is 0 Å². The zero-order valence-electron chi connectivity index (χ0n) is 8.26. The van der Waals surface area contributed by atoms with Crippen LogP contribution < -0.4 is 0 Å². The molecule has 13 heavy (non-hydrogen) atoms. The number of nitriles is 1. The fourth-order valence-corrected chi connectivity index (χ4v) is 4.05. The van der Waals surface area contributed by atoms with Gasteiger partial charge in [-0.15, -0.1) is 0 Å². The van der Waals surface area contributed by atoms with Gasteiger partial charge in [-0.1, -0.05) is 13.8 Å². The highest BCUT2D eigenvalue weighted by Crippen LogP contribution is 2.74. The molecule has 0 aromatic rings. The lowest BCUT2D eigenvalue weighted by molar-refractivity contribution is -0.0414. The molecule has 0 radical (unpaired) electrons. The molecule has 3 fully saturated rings. The highest BCUT2D eigenvalue weighted by Gasteiger charge is 2.76. The second kappa shape index (κ2) is 1.79. The van der Waals surface area contributed by atoms with Crippen LogP contribution in [0.15, 0.2) is 0 Å². The van der Waals surface area contributed by atoms with Crippen LogP contribution in [-0.2, 0) is 4.74 Å². The lowest BCUT2D eigenvalue weighted by atomic mass is 9.67. The minimum absolute atomic E-state index is 0.138. The van der Waals surface area contributed by atoms with Crippen LogP contribution in [0.4, 0.5) is 0 Å². The normalized spacial score (nSPS) is 62.7. The summed E-state index contributed by atoms with van der Waals surface area (Å²) in [4.78, 5) is 0. The van der Waals surface area contributed by atoms with Gasteiger partial charge in [0.2, 0.25) is 0 Å². The average Bonchev–Trinajstić information content (AvgIpc) is 2.58. The summed E-state index contributed by atoms with van der Waals surface area (Å²) in [5.41, 5.74) is 0.00676. The Morgan fingerprint density at radius 3 is 2.69 bits per heavy atom. The maximum atomic E-state index is 9.27. The minimum Gasteiger partial charge on any atom is -0.359 e. The SMILES string of the molecule is C[C@@]12CC[C@@H]3C[C@]1(C#N)OC[C@]32C. The second-order valence-corrected chi connectivity index (χ2v) is 5.42. The second-order valence-electron chi connectivity index (χ2n) is 5.42. The van der Waals surface area contributed by atoms with Gasteiger partial charge < -0.3 is 4.74 Å². The topological polar surface area (TPSA) is 33.0 Å². The Kier molecular flexibility index (Phi) is 1.07. The Bertz CT molecular complexity index is 321. The standard InChI is InChI=1S/C11H15NO/c1-9-7-13-11(6-12)5-8(9)3-4-10(9,11)2/h8H,3-5,7H2,1-2H3/t8-,9-,10+,11-/m1/s1. The maximum Gasteiger partial charge on any atom is 0.160 e. The van der Waals surface area contributed by atoms with Gasteiger partial charge in [0, 0.05) is 10.8 Å². The van der Waals surface area contributed by atoms with Crippen LogP contribution >= 0.6 is 0 Å². The van der Waals surface area contributed by atoms with E-state index in [-0.39, 0.29) is 5.41 Å². The molecule has 4 bridgehead atoms. The molecule has 2 aliphatic carbocycles. The van der Waals surface area contributed by atoms with Gasteiger partial charge in [0.15, 0.2) is 5.60 Å². The van der Waals surface area contributed by atoms with E-state index >= 15 is 0 Å². The third-order valence-corrected chi connectivity index (χ3v) is 5.38. The van der Waals surface area contributed by atoms with Crippen LogP contribution in [0.3, 0.4) is 0 Å². The Morgan fingerprint density at radius 1 is 1.46 bits per heavy atom. The van der Waals surface area contributed by atoms with Gasteiger partial charge in [-0.2, -0.15) is 5.26 Å². The molecule has 4 atom stereocenters. The van der Waals surface area contributed by atoms with Crippen LogP contribution in [0.5, 0.6) is 0 Å². The van der Waals surface area contributed by atoms with Gasteiger partial charge in [0.05, 0.1) is 12.7 Å². The molecule has 3 aliphatic rings. The predicted molar refractivity (Wildman–Crippen MR) is 47.9 cm³/mol. The summed E-state index contributed by atoms with van der Waals surface area (Å²) in [6.45, 7) is 5.38. The first-order valence-corrected chi connectivity index (χ1v) is 5.13. The number of ether oxygens (including phenoxy) is 1. The quantitative estimate of drug-likeness (QED) is 0.567. The summed E-state index contributed by atoms with van der Waals surface area (Å²) in [7, 11) is 0. The van der Waals surface area contributed by atoms with E-state index in [1.54, 1.807) is 0 Å². The van der Waals surface area contributed by atoms with Crippen molar-refractivity contribution < 1.29 is 4.74 Å². The van der Waals surface area contributed by atoms with Gasteiger partial charge in [0.1, 0.15) is 0 Å². The molecular formula is C11H15NO. The first-order chi connectivity index (χ1) is 6.08. The van der Waals surface area contributed by atoms with E-state index in [0.717, 1.165) is 18.9 Å². The summed E-state index contributed by atoms with van der Waals surface area (Å²) in [6, 6.07) is 2.44. The highest BCUT2D eigenvalue weighted by atomic mass is 16.5. The fraction of sp³-hybridized carbons (Fsp3) is 0.909. The van der Waals surface area contributed by atoms with E-state index in [1.165, 1.54) is 12.8 Å². The Hall–Kier alpha value is -0.550. The molecule has 70 valence electrons. The molecule has 1 aliphatic heterocycles. The van der Waals surface area contributed by atoms with Gasteiger partial charge in [0.25, 0.3) is 0 Å². The Labute approximate surface area is 78.9 Å². The van der Waals surface area contributed by atoms with Crippen molar-refractivity contribution >= 4 is 0 Å². The molecule has 2 heteroatoms. The molecule has 2 nitrogen and oxygen atoms in total.